The Morgan fingerprint density at radius 1 is 1.37 bits per heavy atom. The molecule has 1 N–H and O–H groups in total. The summed E-state index contributed by atoms with van der Waals surface area (Å²) in [6.45, 7) is 0.619. The number of carbonyl (C=O) groups is 2. The molecule has 1 aromatic carbocycles. The van der Waals surface area contributed by atoms with Crippen LogP contribution in [0.25, 0.3) is 0 Å². The number of aliphatic carboxylic acids is 1. The molecule has 0 aliphatic carbocycles. The van der Waals surface area contributed by atoms with Gasteiger partial charge in [0.25, 0.3) is 5.91 Å². The maximum Gasteiger partial charge on any atom is 0.305 e. The lowest BCUT2D eigenvalue weighted by Crippen LogP contribution is -2.35. The van der Waals surface area contributed by atoms with Crippen molar-refractivity contribution in [1.82, 2.24) is 4.90 Å². The first-order valence-corrected chi connectivity index (χ1v) is 5.80. The number of methoxy groups -OCH3 is 1. The monoisotopic (exact) mass is 269 g/mol. The molecule has 19 heavy (non-hydrogen) atoms. The van der Waals surface area contributed by atoms with Crippen molar-refractivity contribution in [3.05, 3.63) is 35.6 Å². The highest BCUT2D eigenvalue weighted by atomic mass is 19.1. The van der Waals surface area contributed by atoms with Crippen molar-refractivity contribution in [3.63, 3.8) is 0 Å². The molecule has 1 rings (SSSR count). The number of benzene rings is 1. The Morgan fingerprint density at radius 3 is 2.68 bits per heavy atom. The van der Waals surface area contributed by atoms with Gasteiger partial charge in [0.05, 0.1) is 13.0 Å². The molecule has 0 aromatic heterocycles. The zero-order valence-corrected chi connectivity index (χ0v) is 10.6. The van der Waals surface area contributed by atoms with Gasteiger partial charge < -0.3 is 14.7 Å². The zero-order chi connectivity index (χ0) is 14.3. The van der Waals surface area contributed by atoms with Crippen molar-refractivity contribution in [1.29, 1.82) is 0 Å². The molecular formula is C13H16FNO4. The molecule has 0 fully saturated rings. The zero-order valence-electron chi connectivity index (χ0n) is 10.6. The van der Waals surface area contributed by atoms with Crippen LogP contribution in [-0.2, 0) is 9.53 Å². The largest absolute Gasteiger partial charge is 0.481 e. The summed E-state index contributed by atoms with van der Waals surface area (Å²) >= 11 is 0. The first-order valence-electron chi connectivity index (χ1n) is 5.80. The number of carboxylic acid groups (broad SMARTS) is 1. The molecule has 0 heterocycles. The number of ether oxygens (including phenoxy) is 1. The molecule has 1 amide bonds. The molecule has 0 aliphatic heterocycles. The van der Waals surface area contributed by atoms with Gasteiger partial charge in [-0.3, -0.25) is 9.59 Å². The molecule has 0 saturated heterocycles. The lowest BCUT2D eigenvalue weighted by Gasteiger charge is -2.21. The molecule has 0 aliphatic rings. The number of carboxylic acids is 1. The highest BCUT2D eigenvalue weighted by Gasteiger charge is 2.16. The quantitative estimate of drug-likeness (QED) is 0.812. The number of amides is 1. The fourth-order valence-corrected chi connectivity index (χ4v) is 1.55. The third-order valence-corrected chi connectivity index (χ3v) is 2.52. The van der Waals surface area contributed by atoms with Gasteiger partial charge in [0.15, 0.2) is 0 Å². The van der Waals surface area contributed by atoms with Crippen LogP contribution in [0.2, 0.25) is 0 Å². The van der Waals surface area contributed by atoms with E-state index in [0.29, 0.717) is 6.61 Å². The van der Waals surface area contributed by atoms with Gasteiger partial charge >= 0.3 is 5.97 Å². The van der Waals surface area contributed by atoms with Crippen LogP contribution in [0.4, 0.5) is 4.39 Å². The number of rotatable bonds is 7. The summed E-state index contributed by atoms with van der Waals surface area (Å²) in [6, 6.07) is 5.30. The predicted molar refractivity (Wildman–Crippen MR) is 66.4 cm³/mol. The maximum absolute atomic E-state index is 13.1. The summed E-state index contributed by atoms with van der Waals surface area (Å²) in [5, 5.41) is 8.66. The molecule has 0 bridgehead atoms. The summed E-state index contributed by atoms with van der Waals surface area (Å²) in [4.78, 5) is 24.0. The summed E-state index contributed by atoms with van der Waals surface area (Å²) in [5.41, 5.74) is 0.196. The van der Waals surface area contributed by atoms with Crippen molar-refractivity contribution in [2.45, 2.75) is 6.42 Å². The number of hydrogen-bond acceptors (Lipinski definition) is 3. The Labute approximate surface area is 110 Å². The van der Waals surface area contributed by atoms with Crippen molar-refractivity contribution >= 4 is 11.9 Å². The van der Waals surface area contributed by atoms with Crippen molar-refractivity contribution in [2.75, 3.05) is 26.8 Å². The van der Waals surface area contributed by atoms with Crippen LogP contribution in [0.1, 0.15) is 16.8 Å². The minimum atomic E-state index is -0.991. The Hall–Kier alpha value is -1.95. The van der Waals surface area contributed by atoms with E-state index < -0.39 is 17.7 Å². The number of halogens is 1. The molecule has 0 unspecified atom stereocenters. The van der Waals surface area contributed by atoms with Crippen LogP contribution in [0.3, 0.4) is 0 Å². The van der Waals surface area contributed by atoms with E-state index in [9.17, 15) is 14.0 Å². The minimum absolute atomic E-state index is 0.0635. The van der Waals surface area contributed by atoms with E-state index in [1.54, 1.807) is 0 Å². The normalized spacial score (nSPS) is 10.2. The van der Waals surface area contributed by atoms with E-state index in [-0.39, 0.29) is 25.1 Å². The third-order valence-electron chi connectivity index (χ3n) is 2.52. The van der Waals surface area contributed by atoms with Gasteiger partial charge in [0.2, 0.25) is 0 Å². The molecular weight excluding hydrogens is 253 g/mol. The van der Waals surface area contributed by atoms with Gasteiger partial charge in [-0.2, -0.15) is 0 Å². The van der Waals surface area contributed by atoms with E-state index in [0.717, 1.165) is 6.07 Å². The lowest BCUT2D eigenvalue weighted by atomic mass is 10.2. The summed E-state index contributed by atoms with van der Waals surface area (Å²) in [5.74, 6) is -1.90. The van der Waals surface area contributed by atoms with Crippen LogP contribution < -0.4 is 0 Å². The van der Waals surface area contributed by atoms with Gasteiger partial charge in [-0.25, -0.2) is 4.39 Å². The van der Waals surface area contributed by atoms with Gasteiger partial charge in [0, 0.05) is 25.8 Å². The van der Waals surface area contributed by atoms with Crippen LogP contribution in [0, 0.1) is 5.82 Å². The minimum Gasteiger partial charge on any atom is -0.481 e. The first-order chi connectivity index (χ1) is 9.04. The van der Waals surface area contributed by atoms with Crippen LogP contribution in [-0.4, -0.2) is 48.7 Å². The number of nitrogens with zero attached hydrogens (tertiary/aromatic N) is 1. The predicted octanol–water partition coefficient (Wildman–Crippen LogP) is 1.39. The van der Waals surface area contributed by atoms with E-state index in [2.05, 4.69) is 0 Å². The average molecular weight is 269 g/mol. The SMILES string of the molecule is COCCN(CCC(=O)O)C(=O)c1cccc(F)c1. The summed E-state index contributed by atoms with van der Waals surface area (Å²) in [7, 11) is 1.49. The first kappa shape index (κ1) is 15.1. The number of hydrogen-bond donors (Lipinski definition) is 1. The van der Waals surface area contributed by atoms with E-state index in [1.165, 1.54) is 30.2 Å². The highest BCUT2D eigenvalue weighted by Crippen LogP contribution is 2.08. The van der Waals surface area contributed by atoms with E-state index >= 15 is 0 Å². The second-order valence-corrected chi connectivity index (χ2v) is 3.94. The summed E-state index contributed by atoms with van der Waals surface area (Å²) in [6.07, 6.45) is -0.162. The molecule has 5 nitrogen and oxygen atoms in total. The maximum atomic E-state index is 13.1. The average Bonchev–Trinajstić information content (AvgIpc) is 2.38. The van der Waals surface area contributed by atoms with Gasteiger partial charge in [-0.1, -0.05) is 6.07 Å². The van der Waals surface area contributed by atoms with Crippen LogP contribution in [0.5, 0.6) is 0 Å². The molecule has 104 valence electrons. The van der Waals surface area contributed by atoms with Crippen LogP contribution >= 0.6 is 0 Å². The molecule has 0 spiro atoms. The van der Waals surface area contributed by atoms with E-state index in [1.807, 2.05) is 0 Å². The molecule has 0 saturated carbocycles. The fraction of sp³-hybridized carbons (Fsp3) is 0.385. The topological polar surface area (TPSA) is 66.8 Å². The number of carbonyl (C=O) groups excluding carboxylic acids is 1. The Morgan fingerprint density at radius 2 is 2.11 bits per heavy atom. The third kappa shape index (κ3) is 5.05. The molecule has 0 atom stereocenters. The second-order valence-electron chi connectivity index (χ2n) is 3.94. The summed E-state index contributed by atoms with van der Waals surface area (Å²) < 4.78 is 17.9. The van der Waals surface area contributed by atoms with Crippen molar-refractivity contribution in [2.24, 2.45) is 0 Å². The Kier molecular flexibility index (Phi) is 5.95. The van der Waals surface area contributed by atoms with Gasteiger partial charge in [-0.15, -0.1) is 0 Å². The van der Waals surface area contributed by atoms with Gasteiger partial charge in [-0.05, 0) is 18.2 Å². The van der Waals surface area contributed by atoms with Crippen LogP contribution in [0.15, 0.2) is 24.3 Å². The molecule has 1 aromatic rings. The van der Waals surface area contributed by atoms with E-state index in [4.69, 9.17) is 9.84 Å². The fourth-order valence-electron chi connectivity index (χ4n) is 1.55. The Balaban J connectivity index is 2.77. The molecule has 0 radical (unpaired) electrons. The van der Waals surface area contributed by atoms with Crippen molar-refractivity contribution in [3.8, 4) is 0 Å². The van der Waals surface area contributed by atoms with Crippen molar-refractivity contribution < 1.29 is 23.8 Å². The lowest BCUT2D eigenvalue weighted by molar-refractivity contribution is -0.137. The Bertz CT molecular complexity index is 450. The van der Waals surface area contributed by atoms with Gasteiger partial charge in [0.1, 0.15) is 5.82 Å². The standard InChI is InChI=1S/C13H16FNO4/c1-19-8-7-15(6-5-12(16)17)13(18)10-3-2-4-11(14)9-10/h2-4,9H,5-8H2,1H3,(H,16,17). The second kappa shape index (κ2) is 7.48. The highest BCUT2D eigenvalue weighted by molar-refractivity contribution is 5.94. The molecule has 6 heteroatoms. The smallest absolute Gasteiger partial charge is 0.305 e.